The van der Waals surface area contributed by atoms with Gasteiger partial charge in [0, 0.05) is 50.3 Å². The van der Waals surface area contributed by atoms with Crippen LogP contribution in [0.15, 0.2) is 146 Å². The van der Waals surface area contributed by atoms with E-state index < -0.39 is 0 Å². The third kappa shape index (κ3) is 4.74. The Kier molecular flexibility index (Phi) is 6.73. The van der Waals surface area contributed by atoms with E-state index in [1.807, 2.05) is 36.4 Å². The molecule has 0 amide bonds. The van der Waals surface area contributed by atoms with Gasteiger partial charge in [-0.1, -0.05) is 104 Å². The van der Waals surface area contributed by atoms with Crippen molar-refractivity contribution in [2.45, 2.75) is 19.9 Å². The quantitative estimate of drug-likeness (QED) is 0.174. The topological polar surface area (TPSA) is 107 Å². The first-order chi connectivity index (χ1) is 29.6. The summed E-state index contributed by atoms with van der Waals surface area (Å²) in [6, 6.07) is 50.2. The summed E-state index contributed by atoms with van der Waals surface area (Å²) in [6.07, 6.45) is 0.849. The van der Waals surface area contributed by atoms with Crippen LogP contribution in [0.4, 0.5) is 0 Å². The van der Waals surface area contributed by atoms with Crippen molar-refractivity contribution in [3.05, 3.63) is 146 Å². The standard InChI is InChI=1S/C51H32N8O/c1-2-19-58-48-40-24-32-15-7-8-16-33(32)25-41(40)49(58)55-45-37-21-29-12-4-6-14-31(29)23-39(37)47(53-45)57-51-43-27-35-18-10-9-17-34(35)26-42(43)50(59(51)60)56-46-38-22-30-13-5-3-11-28(30)20-36(38)44(52-46)54-48/h3-18,20-27,60H,2,19H2,1H3. The van der Waals surface area contributed by atoms with Crippen LogP contribution in [0.5, 0.6) is 0 Å². The maximum absolute atomic E-state index is 12.3. The van der Waals surface area contributed by atoms with Gasteiger partial charge in [0.1, 0.15) is 11.3 Å². The fourth-order valence-corrected chi connectivity index (χ4v) is 9.24. The molecule has 0 fully saturated rings. The molecule has 0 unspecified atom stereocenters. The smallest absolute Gasteiger partial charge is 0.180 e. The monoisotopic (exact) mass is 772 g/mol. The zero-order valence-electron chi connectivity index (χ0n) is 32.3. The zero-order valence-corrected chi connectivity index (χ0v) is 32.3. The van der Waals surface area contributed by atoms with Crippen molar-refractivity contribution in [3.63, 3.8) is 0 Å². The number of hydrogen-bond donors (Lipinski definition) is 1. The second kappa shape index (κ2) is 12.2. The lowest BCUT2D eigenvalue weighted by Crippen LogP contribution is -1.99. The lowest BCUT2D eigenvalue weighted by molar-refractivity contribution is 0.209. The molecule has 0 aliphatic carbocycles. The molecular weight excluding hydrogens is 741 g/mol. The minimum absolute atomic E-state index is 0.320. The minimum Gasteiger partial charge on any atom is -0.425 e. The molecule has 282 valence electrons. The summed E-state index contributed by atoms with van der Waals surface area (Å²) < 4.78 is 3.31. The van der Waals surface area contributed by atoms with E-state index >= 15 is 0 Å². The van der Waals surface area contributed by atoms with Crippen LogP contribution in [0, 0.1) is 0 Å². The number of benzene rings is 8. The molecule has 9 heteroatoms. The van der Waals surface area contributed by atoms with Crippen molar-refractivity contribution >= 4 is 87.2 Å². The van der Waals surface area contributed by atoms with E-state index in [1.54, 1.807) is 0 Å². The van der Waals surface area contributed by atoms with Crippen LogP contribution >= 0.6 is 0 Å². The largest absolute Gasteiger partial charge is 0.425 e. The van der Waals surface area contributed by atoms with Gasteiger partial charge in [-0.2, -0.15) is 0 Å². The van der Waals surface area contributed by atoms with E-state index in [0.29, 0.717) is 41.1 Å². The highest BCUT2D eigenvalue weighted by atomic mass is 16.5. The lowest BCUT2D eigenvalue weighted by Gasteiger charge is -2.05. The summed E-state index contributed by atoms with van der Waals surface area (Å²) in [5.41, 5.74) is 5.56. The van der Waals surface area contributed by atoms with Gasteiger partial charge in [-0.25, -0.2) is 29.9 Å². The Labute approximate surface area is 341 Å². The molecule has 8 aromatic carbocycles. The fraction of sp³-hybridized carbons (Fsp3) is 0.0588. The van der Waals surface area contributed by atoms with Gasteiger partial charge in [0.05, 0.1) is 0 Å². The molecule has 0 saturated heterocycles. The Balaban J connectivity index is 1.28. The van der Waals surface area contributed by atoms with E-state index in [2.05, 4.69) is 121 Å². The van der Waals surface area contributed by atoms with Gasteiger partial charge < -0.3 is 9.77 Å². The number of rotatable bonds is 2. The van der Waals surface area contributed by atoms with Gasteiger partial charge in [0.15, 0.2) is 34.6 Å². The molecule has 13 rings (SSSR count). The summed E-state index contributed by atoms with van der Waals surface area (Å²) >= 11 is 0. The SMILES string of the molecule is CCCn1c2nc3nc(nc4c5cc6ccccc6cc5c(nc5nc(nc1c1cc6ccccc6cc12)-c1cc2ccccc2cc1-5)n4O)-c1cc2ccccc2cc1-3. The highest BCUT2D eigenvalue weighted by Crippen LogP contribution is 2.41. The average molecular weight is 773 g/mol. The second-order valence-electron chi connectivity index (χ2n) is 15.7. The van der Waals surface area contributed by atoms with Gasteiger partial charge in [0.25, 0.3) is 0 Å². The van der Waals surface area contributed by atoms with Gasteiger partial charge in [-0.05, 0) is 98.0 Å². The summed E-state index contributed by atoms with van der Waals surface area (Å²) in [5.74, 6) is 1.99. The van der Waals surface area contributed by atoms with E-state index in [9.17, 15) is 5.21 Å². The van der Waals surface area contributed by atoms with Crippen LogP contribution in [0.25, 0.3) is 133 Å². The molecule has 9 nitrogen and oxygen atoms in total. The molecule has 0 radical (unpaired) electrons. The van der Waals surface area contributed by atoms with Gasteiger partial charge in [0.2, 0.25) is 0 Å². The molecule has 11 aromatic rings. The normalized spacial score (nSPS) is 12.3. The Morgan fingerprint density at radius 1 is 0.367 bits per heavy atom. The molecule has 5 heterocycles. The van der Waals surface area contributed by atoms with Crippen molar-refractivity contribution in [2.75, 3.05) is 0 Å². The summed E-state index contributed by atoms with van der Waals surface area (Å²) in [7, 11) is 0. The van der Waals surface area contributed by atoms with Crippen LogP contribution in [-0.4, -0.2) is 44.4 Å². The Morgan fingerprint density at radius 3 is 0.933 bits per heavy atom. The Morgan fingerprint density at radius 2 is 0.633 bits per heavy atom. The molecule has 1 N–H and O–H groups in total. The van der Waals surface area contributed by atoms with Gasteiger partial charge in [-0.15, -0.1) is 4.73 Å². The van der Waals surface area contributed by atoms with E-state index in [1.165, 1.54) is 0 Å². The van der Waals surface area contributed by atoms with Crippen LogP contribution in [0.2, 0.25) is 0 Å². The van der Waals surface area contributed by atoms with Crippen LogP contribution in [0.3, 0.4) is 0 Å². The average Bonchev–Trinajstić information content (AvgIpc) is 3.95. The molecule has 60 heavy (non-hydrogen) atoms. The van der Waals surface area contributed by atoms with E-state index in [-0.39, 0.29) is 0 Å². The van der Waals surface area contributed by atoms with Crippen LogP contribution in [0.1, 0.15) is 13.3 Å². The van der Waals surface area contributed by atoms with Crippen molar-refractivity contribution in [1.29, 1.82) is 0 Å². The third-order valence-corrected chi connectivity index (χ3v) is 12.1. The third-order valence-electron chi connectivity index (χ3n) is 12.1. The molecule has 2 aliphatic heterocycles. The predicted octanol–water partition coefficient (Wildman–Crippen LogP) is 12.1. The predicted molar refractivity (Wildman–Crippen MR) is 241 cm³/mol. The molecule has 0 atom stereocenters. The molecule has 0 spiro atoms. The molecule has 8 bridgehead atoms. The summed E-state index contributed by atoms with van der Waals surface area (Å²) in [6.45, 7) is 2.84. The van der Waals surface area contributed by atoms with Gasteiger partial charge in [-0.3, -0.25) is 0 Å². The Hall–Kier alpha value is -8.04. The van der Waals surface area contributed by atoms with Crippen molar-refractivity contribution in [2.24, 2.45) is 0 Å². The van der Waals surface area contributed by atoms with Crippen LogP contribution < -0.4 is 0 Å². The fourth-order valence-electron chi connectivity index (χ4n) is 9.24. The summed E-state index contributed by atoms with van der Waals surface area (Å²) in [5, 5.41) is 24.2. The van der Waals surface area contributed by atoms with Crippen LogP contribution in [-0.2, 0) is 6.54 Å². The maximum Gasteiger partial charge on any atom is 0.180 e. The van der Waals surface area contributed by atoms with Crippen molar-refractivity contribution in [1.82, 2.24) is 39.2 Å². The molecule has 3 aromatic heterocycles. The minimum atomic E-state index is 0.320. The first kappa shape index (κ1) is 33.0. The maximum atomic E-state index is 12.3. The van der Waals surface area contributed by atoms with Crippen molar-refractivity contribution < 1.29 is 5.21 Å². The number of fused-ring (bicyclic) bond motifs is 24. The highest BCUT2D eigenvalue weighted by Gasteiger charge is 2.26. The van der Waals surface area contributed by atoms with Crippen molar-refractivity contribution in [3.8, 4) is 45.6 Å². The zero-order chi connectivity index (χ0) is 39.6. The lowest BCUT2D eigenvalue weighted by atomic mass is 10.0. The first-order valence-electron chi connectivity index (χ1n) is 20.2. The number of hydrogen-bond acceptors (Lipinski definition) is 7. The number of aromatic nitrogens is 8. The summed E-state index contributed by atoms with van der Waals surface area (Å²) in [4.78, 5) is 32.0. The number of nitrogens with zero attached hydrogens (tertiary/aromatic N) is 8. The first-order valence-corrected chi connectivity index (χ1v) is 20.2. The molecular formula is C51H32N8O. The molecule has 0 saturated carbocycles. The van der Waals surface area contributed by atoms with Gasteiger partial charge >= 0.3 is 0 Å². The number of aryl methyl sites for hydroxylation is 1. The van der Waals surface area contributed by atoms with E-state index in [0.717, 1.165) is 109 Å². The second-order valence-corrected chi connectivity index (χ2v) is 15.7. The highest BCUT2D eigenvalue weighted by molar-refractivity contribution is 6.13. The van der Waals surface area contributed by atoms with E-state index in [4.69, 9.17) is 29.9 Å². The molecule has 2 aliphatic rings. The Bertz CT molecular complexity index is 3640.